The van der Waals surface area contributed by atoms with Crippen LogP contribution in [0.25, 0.3) is 0 Å². The van der Waals surface area contributed by atoms with Crippen LogP contribution < -0.4 is 0 Å². The van der Waals surface area contributed by atoms with E-state index in [1.54, 1.807) is 0 Å². The highest BCUT2D eigenvalue weighted by molar-refractivity contribution is 6.36. The maximum absolute atomic E-state index is 12.3. The molecule has 0 radical (unpaired) electrons. The first-order valence-corrected chi connectivity index (χ1v) is 11.6. The van der Waals surface area contributed by atoms with Gasteiger partial charge >= 0.3 is 5.97 Å². The molecule has 0 aliphatic heterocycles. The van der Waals surface area contributed by atoms with Gasteiger partial charge in [0.2, 0.25) is 5.79 Å². The van der Waals surface area contributed by atoms with Crippen molar-refractivity contribution < 1.29 is 34.1 Å². The number of aliphatic hydroxyl groups is 2. The number of carbonyl (C=O) groups is 4. The first-order chi connectivity index (χ1) is 14.8. The normalized spacial score (nSPS) is 20.2. The highest BCUT2D eigenvalue weighted by Gasteiger charge is 2.38. The van der Waals surface area contributed by atoms with E-state index in [0.29, 0.717) is 32.1 Å². The number of Topliss-reactive ketones (excluding diaryl/α,β-unsaturated/α-hetero) is 2. The lowest BCUT2D eigenvalue weighted by Gasteiger charge is -2.19. The zero-order chi connectivity index (χ0) is 23.3. The van der Waals surface area contributed by atoms with Crippen molar-refractivity contribution in [2.45, 2.75) is 90.3 Å². The molecule has 1 aliphatic rings. The Balaban J connectivity index is 2.41. The summed E-state index contributed by atoms with van der Waals surface area (Å²) in [6, 6.07) is 0. The molecule has 0 bridgehead atoms. The summed E-state index contributed by atoms with van der Waals surface area (Å²) in [7, 11) is 0. The molecule has 0 unspecified atom stereocenters. The maximum Gasteiger partial charge on any atom is 0.380 e. The van der Waals surface area contributed by atoms with Crippen molar-refractivity contribution in [3.8, 4) is 0 Å². The van der Waals surface area contributed by atoms with E-state index in [2.05, 4.69) is 17.7 Å². The summed E-state index contributed by atoms with van der Waals surface area (Å²) in [6.45, 7) is 3.62. The van der Waals surface area contributed by atoms with Crippen LogP contribution in [0.1, 0.15) is 84.5 Å². The lowest BCUT2D eigenvalue weighted by atomic mass is 9.88. The van der Waals surface area contributed by atoms with Gasteiger partial charge in [-0.1, -0.05) is 44.8 Å². The van der Waals surface area contributed by atoms with E-state index in [1.807, 2.05) is 6.08 Å². The Kier molecular flexibility index (Phi) is 12.5. The molecule has 1 fully saturated rings. The van der Waals surface area contributed by atoms with Crippen LogP contribution >= 0.6 is 0 Å². The SMILES string of the molecule is CCCC[C@@H](C=O)CC=C[C@H]1CCC(=O)[C@@H]1CCCCCC(O)(O)C(=O)C(=O)OCC. The van der Waals surface area contributed by atoms with Gasteiger partial charge in [0.15, 0.2) is 0 Å². The van der Waals surface area contributed by atoms with Crippen molar-refractivity contribution in [3.05, 3.63) is 12.2 Å². The van der Waals surface area contributed by atoms with E-state index in [4.69, 9.17) is 0 Å². The molecule has 0 aromatic carbocycles. The van der Waals surface area contributed by atoms with Crippen molar-refractivity contribution in [2.75, 3.05) is 6.61 Å². The fraction of sp³-hybridized carbons (Fsp3) is 0.750. The van der Waals surface area contributed by atoms with Gasteiger partial charge in [-0.05, 0) is 44.9 Å². The monoisotopic (exact) mass is 438 g/mol. The van der Waals surface area contributed by atoms with Crippen LogP contribution in [-0.2, 0) is 23.9 Å². The standard InChI is InChI=1S/C24H38O7/c1-3-5-10-18(17-25)11-9-12-19-14-15-21(26)20(19)13-7-6-8-16-24(29,30)22(27)23(28)31-4-2/h9,12,17-20,29-30H,3-8,10-11,13-16H2,1-2H3/t18-,19+,20-/m1/s1. The molecular formula is C24H38O7. The van der Waals surface area contributed by atoms with Gasteiger partial charge in [-0.15, -0.1) is 0 Å². The Hall–Kier alpha value is -1.86. The van der Waals surface area contributed by atoms with Crippen molar-refractivity contribution in [1.29, 1.82) is 0 Å². The molecule has 1 saturated carbocycles. The van der Waals surface area contributed by atoms with Crippen LogP contribution in [0.4, 0.5) is 0 Å². The Morgan fingerprint density at radius 3 is 2.58 bits per heavy atom. The van der Waals surface area contributed by atoms with Crippen LogP contribution in [0.15, 0.2) is 12.2 Å². The van der Waals surface area contributed by atoms with Gasteiger partial charge in [0.05, 0.1) is 6.61 Å². The van der Waals surface area contributed by atoms with Gasteiger partial charge in [-0.25, -0.2) is 4.79 Å². The minimum atomic E-state index is -2.71. The molecule has 0 spiro atoms. The molecule has 0 aromatic heterocycles. The molecule has 7 nitrogen and oxygen atoms in total. The number of unbranched alkanes of at least 4 members (excludes halogenated alkanes) is 3. The first-order valence-electron chi connectivity index (χ1n) is 11.6. The maximum atomic E-state index is 12.3. The average molecular weight is 439 g/mol. The highest BCUT2D eigenvalue weighted by atomic mass is 16.6. The second kappa shape index (κ2) is 14.2. The summed E-state index contributed by atoms with van der Waals surface area (Å²) >= 11 is 0. The molecule has 0 amide bonds. The molecule has 1 rings (SSSR count). The summed E-state index contributed by atoms with van der Waals surface area (Å²) in [5, 5.41) is 19.6. The lowest BCUT2D eigenvalue weighted by molar-refractivity contribution is -0.193. The molecular weight excluding hydrogens is 400 g/mol. The molecule has 31 heavy (non-hydrogen) atoms. The molecule has 1 aliphatic carbocycles. The smallest absolute Gasteiger partial charge is 0.380 e. The Morgan fingerprint density at radius 1 is 1.19 bits per heavy atom. The average Bonchev–Trinajstić information content (AvgIpc) is 3.09. The van der Waals surface area contributed by atoms with E-state index in [1.165, 1.54) is 6.92 Å². The van der Waals surface area contributed by atoms with E-state index in [0.717, 1.165) is 38.4 Å². The van der Waals surface area contributed by atoms with E-state index in [9.17, 15) is 29.4 Å². The van der Waals surface area contributed by atoms with Gasteiger partial charge in [0.25, 0.3) is 5.78 Å². The number of ketones is 2. The van der Waals surface area contributed by atoms with Crippen molar-refractivity contribution in [1.82, 2.24) is 0 Å². The van der Waals surface area contributed by atoms with Crippen LogP contribution in [0, 0.1) is 17.8 Å². The summed E-state index contributed by atoms with van der Waals surface area (Å²) in [6.07, 6.45) is 12.4. The third-order valence-corrected chi connectivity index (χ3v) is 5.96. The van der Waals surface area contributed by atoms with E-state index < -0.39 is 17.5 Å². The van der Waals surface area contributed by atoms with Gasteiger partial charge < -0.3 is 19.7 Å². The zero-order valence-electron chi connectivity index (χ0n) is 18.9. The summed E-state index contributed by atoms with van der Waals surface area (Å²) in [5.74, 6) is -4.87. The van der Waals surface area contributed by atoms with Crippen molar-refractivity contribution in [3.63, 3.8) is 0 Å². The predicted octanol–water partition coefficient (Wildman–Crippen LogP) is 3.30. The molecule has 0 aromatic rings. The van der Waals surface area contributed by atoms with Gasteiger partial charge in [-0.2, -0.15) is 0 Å². The number of rotatable bonds is 16. The van der Waals surface area contributed by atoms with Gasteiger partial charge in [0.1, 0.15) is 12.1 Å². The zero-order valence-corrected chi connectivity index (χ0v) is 18.9. The molecule has 176 valence electrons. The van der Waals surface area contributed by atoms with Crippen molar-refractivity contribution >= 4 is 23.8 Å². The Bertz CT molecular complexity index is 623. The number of allylic oxidation sites excluding steroid dienone is 2. The minimum absolute atomic E-state index is 0.0137. The van der Waals surface area contributed by atoms with Crippen LogP contribution in [-0.4, -0.2) is 46.4 Å². The first kappa shape index (κ1) is 27.2. The third-order valence-electron chi connectivity index (χ3n) is 5.96. The topological polar surface area (TPSA) is 118 Å². The highest BCUT2D eigenvalue weighted by Crippen LogP contribution is 2.34. The van der Waals surface area contributed by atoms with Gasteiger partial charge in [-0.3, -0.25) is 9.59 Å². The number of aldehydes is 1. The van der Waals surface area contributed by atoms with E-state index >= 15 is 0 Å². The fourth-order valence-corrected chi connectivity index (χ4v) is 4.06. The van der Waals surface area contributed by atoms with E-state index in [-0.39, 0.29) is 36.6 Å². The molecule has 3 atom stereocenters. The number of carbonyl (C=O) groups excluding carboxylic acids is 4. The summed E-state index contributed by atoms with van der Waals surface area (Å²) in [4.78, 5) is 46.5. The largest absolute Gasteiger partial charge is 0.460 e. The lowest BCUT2D eigenvalue weighted by Crippen LogP contribution is -2.43. The van der Waals surface area contributed by atoms with Crippen LogP contribution in [0.5, 0.6) is 0 Å². The second-order valence-corrected chi connectivity index (χ2v) is 8.44. The molecule has 0 saturated heterocycles. The second-order valence-electron chi connectivity index (χ2n) is 8.44. The van der Waals surface area contributed by atoms with Crippen molar-refractivity contribution in [2.24, 2.45) is 17.8 Å². The van der Waals surface area contributed by atoms with Crippen LogP contribution in [0.3, 0.4) is 0 Å². The number of hydrogen-bond donors (Lipinski definition) is 2. The number of esters is 1. The third kappa shape index (κ3) is 9.44. The van der Waals surface area contributed by atoms with Crippen LogP contribution in [0.2, 0.25) is 0 Å². The molecule has 2 N–H and O–H groups in total. The van der Waals surface area contributed by atoms with Gasteiger partial charge in [0, 0.05) is 24.7 Å². The minimum Gasteiger partial charge on any atom is -0.460 e. The predicted molar refractivity (Wildman–Crippen MR) is 116 cm³/mol. The number of ether oxygens (including phenoxy) is 1. The Morgan fingerprint density at radius 2 is 1.94 bits per heavy atom. The fourth-order valence-electron chi connectivity index (χ4n) is 4.06. The summed E-state index contributed by atoms with van der Waals surface area (Å²) in [5.41, 5.74) is 0. The number of hydrogen-bond acceptors (Lipinski definition) is 7. The quantitative estimate of drug-likeness (QED) is 0.0948. The Labute approximate surface area is 185 Å². The molecule has 7 heteroatoms. The summed E-state index contributed by atoms with van der Waals surface area (Å²) < 4.78 is 4.51. The molecule has 0 heterocycles.